The molecule has 2 aromatic carbocycles. The van der Waals surface area contributed by atoms with Gasteiger partial charge in [0.1, 0.15) is 0 Å². The van der Waals surface area contributed by atoms with Crippen molar-refractivity contribution >= 4 is 34.6 Å². The Morgan fingerprint density at radius 1 is 0.703 bits per heavy atom. The zero-order valence-electron chi connectivity index (χ0n) is 19.2. The van der Waals surface area contributed by atoms with Crippen LogP contribution in [0.2, 0.25) is 0 Å². The van der Waals surface area contributed by atoms with Gasteiger partial charge in [-0.1, -0.05) is 12.2 Å². The summed E-state index contributed by atoms with van der Waals surface area (Å²) in [7, 11) is 0. The minimum absolute atomic E-state index is 0.0350. The number of non-ortho nitro benzene ring substituents is 2. The molecule has 0 spiro atoms. The molecule has 0 aliphatic heterocycles. The lowest BCUT2D eigenvalue weighted by Gasteiger charge is -2.31. The van der Waals surface area contributed by atoms with E-state index in [0.29, 0.717) is 11.4 Å². The first-order valence-electron chi connectivity index (χ1n) is 11.4. The fourth-order valence-corrected chi connectivity index (χ4v) is 5.07. The van der Waals surface area contributed by atoms with Gasteiger partial charge in [0, 0.05) is 47.2 Å². The Labute approximate surface area is 209 Å². The van der Waals surface area contributed by atoms with E-state index in [2.05, 4.69) is 33.2 Å². The van der Waals surface area contributed by atoms with Crippen molar-refractivity contribution in [1.82, 2.24) is 10.9 Å². The van der Waals surface area contributed by atoms with Gasteiger partial charge in [0.05, 0.1) is 21.3 Å². The number of nitro benzene ring substituents is 2. The van der Waals surface area contributed by atoms with E-state index >= 15 is 0 Å². The third-order valence-electron chi connectivity index (χ3n) is 6.82. The molecule has 0 aromatic heterocycles. The second-order valence-corrected chi connectivity index (χ2v) is 8.90. The van der Waals surface area contributed by atoms with Crippen LogP contribution in [0.4, 0.5) is 11.4 Å². The number of benzene rings is 2. The maximum atomic E-state index is 12.5. The highest BCUT2D eigenvalue weighted by Gasteiger charge is 2.49. The molecule has 4 atom stereocenters. The summed E-state index contributed by atoms with van der Waals surface area (Å²) in [5.74, 6) is -0.614. The SMILES string of the molecule is O=C(NN=C1C=CC(=NNC(=O)c2ccc([N+](=O)[O-])cc2)C2C3C=CC(C3)C12)c1ccc([N+](=O)[O-])cc1. The van der Waals surface area contributed by atoms with E-state index < -0.39 is 21.7 Å². The van der Waals surface area contributed by atoms with Crippen molar-refractivity contribution in [1.29, 1.82) is 0 Å². The van der Waals surface area contributed by atoms with Gasteiger partial charge in [-0.25, -0.2) is 10.9 Å². The van der Waals surface area contributed by atoms with E-state index in [1.165, 1.54) is 48.5 Å². The summed E-state index contributed by atoms with van der Waals surface area (Å²) in [4.78, 5) is 45.6. The fourth-order valence-electron chi connectivity index (χ4n) is 5.07. The van der Waals surface area contributed by atoms with Crippen LogP contribution in [0.3, 0.4) is 0 Å². The first-order valence-corrected chi connectivity index (χ1v) is 11.4. The second-order valence-electron chi connectivity index (χ2n) is 8.90. The zero-order valence-corrected chi connectivity index (χ0v) is 19.2. The normalized spacial score (nSPS) is 25.2. The van der Waals surface area contributed by atoms with E-state index in [0.717, 1.165) is 6.42 Å². The molecule has 37 heavy (non-hydrogen) atoms. The number of hydrazone groups is 2. The predicted molar refractivity (Wildman–Crippen MR) is 133 cm³/mol. The summed E-state index contributed by atoms with van der Waals surface area (Å²) >= 11 is 0. The third kappa shape index (κ3) is 4.63. The van der Waals surface area contributed by atoms with Crippen LogP contribution in [-0.2, 0) is 0 Å². The predicted octanol–water partition coefficient (Wildman–Crippen LogP) is 3.38. The number of allylic oxidation sites excluding steroid dienone is 4. The fraction of sp³-hybridized carbons (Fsp3) is 0.200. The average molecular weight is 500 g/mol. The third-order valence-corrected chi connectivity index (χ3v) is 6.82. The Hall–Kier alpha value is -5.00. The minimum Gasteiger partial charge on any atom is -0.267 e. The van der Waals surface area contributed by atoms with Gasteiger partial charge in [-0.2, -0.15) is 10.2 Å². The molecule has 2 amide bonds. The Bertz CT molecular complexity index is 1300. The van der Waals surface area contributed by atoms with Crippen LogP contribution >= 0.6 is 0 Å². The van der Waals surface area contributed by atoms with E-state index in [-0.39, 0.29) is 46.2 Å². The first kappa shape index (κ1) is 23.7. The Morgan fingerprint density at radius 3 is 1.43 bits per heavy atom. The second kappa shape index (κ2) is 9.57. The number of nitrogens with one attached hydrogen (secondary N) is 2. The maximum Gasteiger partial charge on any atom is 0.271 e. The number of carbonyl (C=O) groups is 2. The molecule has 1 fully saturated rings. The van der Waals surface area contributed by atoms with Crippen LogP contribution in [-0.4, -0.2) is 33.1 Å². The molecule has 2 aromatic rings. The first-order chi connectivity index (χ1) is 17.8. The van der Waals surface area contributed by atoms with Crippen molar-refractivity contribution < 1.29 is 19.4 Å². The van der Waals surface area contributed by atoms with E-state index in [1.807, 2.05) is 0 Å². The van der Waals surface area contributed by atoms with Crippen molar-refractivity contribution in [2.75, 3.05) is 0 Å². The smallest absolute Gasteiger partial charge is 0.267 e. The molecule has 12 nitrogen and oxygen atoms in total. The molecule has 2 bridgehead atoms. The van der Waals surface area contributed by atoms with Crippen LogP contribution in [0.15, 0.2) is 83.0 Å². The maximum absolute atomic E-state index is 12.5. The number of nitrogens with zero attached hydrogens (tertiary/aromatic N) is 4. The molecular formula is C25H20N6O6. The van der Waals surface area contributed by atoms with Gasteiger partial charge >= 0.3 is 0 Å². The molecule has 4 unspecified atom stereocenters. The summed E-state index contributed by atoms with van der Waals surface area (Å²) in [6.07, 6.45) is 8.67. The summed E-state index contributed by atoms with van der Waals surface area (Å²) in [5.41, 5.74) is 6.70. The Kier molecular flexibility index (Phi) is 6.14. The summed E-state index contributed by atoms with van der Waals surface area (Å²) < 4.78 is 0. The van der Waals surface area contributed by atoms with E-state index in [1.54, 1.807) is 12.2 Å². The number of rotatable bonds is 6. The van der Waals surface area contributed by atoms with Gasteiger partial charge in [-0.3, -0.25) is 29.8 Å². The summed E-state index contributed by atoms with van der Waals surface area (Å²) in [5, 5.41) is 30.3. The number of fused-ring (bicyclic) bond motifs is 5. The van der Waals surface area contributed by atoms with Crippen LogP contribution in [0, 0.1) is 43.9 Å². The highest BCUT2D eigenvalue weighted by atomic mass is 16.6. The van der Waals surface area contributed by atoms with Crippen LogP contribution in [0.1, 0.15) is 27.1 Å². The lowest BCUT2D eigenvalue weighted by atomic mass is 9.74. The highest BCUT2D eigenvalue weighted by molar-refractivity contribution is 6.13. The molecule has 186 valence electrons. The van der Waals surface area contributed by atoms with E-state index in [4.69, 9.17) is 0 Å². The molecule has 5 rings (SSSR count). The van der Waals surface area contributed by atoms with Gasteiger partial charge in [0.15, 0.2) is 0 Å². The van der Waals surface area contributed by atoms with Crippen molar-refractivity contribution in [2.45, 2.75) is 6.42 Å². The summed E-state index contributed by atoms with van der Waals surface area (Å²) in [6.45, 7) is 0. The van der Waals surface area contributed by atoms with Crippen LogP contribution < -0.4 is 10.9 Å². The topological polar surface area (TPSA) is 169 Å². The van der Waals surface area contributed by atoms with Crippen molar-refractivity contribution in [3.05, 3.63) is 104 Å². The highest BCUT2D eigenvalue weighted by Crippen LogP contribution is 2.50. The van der Waals surface area contributed by atoms with E-state index in [9.17, 15) is 29.8 Å². The monoisotopic (exact) mass is 500 g/mol. The van der Waals surface area contributed by atoms with Gasteiger partial charge in [0.2, 0.25) is 0 Å². The van der Waals surface area contributed by atoms with Crippen molar-refractivity contribution in [2.24, 2.45) is 33.9 Å². The molecular weight excluding hydrogens is 480 g/mol. The molecule has 0 radical (unpaired) electrons. The standard InChI is InChI=1S/C25H20N6O6/c32-24(14-3-7-18(8-4-14)30(34)35)28-26-20-11-12-21(23-17-2-1-16(13-17)22(20)23)27-29-25(33)15-5-9-19(10-6-15)31(36)37/h1-12,16-17,22-23H,13H2,(H,28,32)(H,29,33). The largest absolute Gasteiger partial charge is 0.271 e. The number of hydrogen-bond acceptors (Lipinski definition) is 8. The molecule has 3 aliphatic rings. The van der Waals surface area contributed by atoms with Crippen molar-refractivity contribution in [3.63, 3.8) is 0 Å². The summed E-state index contributed by atoms with van der Waals surface area (Å²) in [6, 6.07) is 10.5. The molecule has 1 saturated carbocycles. The number of amides is 2. The zero-order chi connectivity index (χ0) is 26.1. The van der Waals surface area contributed by atoms with Crippen LogP contribution in [0.25, 0.3) is 0 Å². The van der Waals surface area contributed by atoms with Crippen molar-refractivity contribution in [3.8, 4) is 0 Å². The molecule has 12 heteroatoms. The van der Waals surface area contributed by atoms with Gasteiger partial charge in [-0.15, -0.1) is 0 Å². The molecule has 2 N–H and O–H groups in total. The van der Waals surface area contributed by atoms with Crippen LogP contribution in [0.5, 0.6) is 0 Å². The Balaban J connectivity index is 1.32. The lowest BCUT2D eigenvalue weighted by Crippen LogP contribution is -2.37. The van der Waals surface area contributed by atoms with Gasteiger partial charge < -0.3 is 0 Å². The number of nitro groups is 2. The lowest BCUT2D eigenvalue weighted by molar-refractivity contribution is -0.385. The molecule has 3 aliphatic carbocycles. The van der Waals surface area contributed by atoms with Gasteiger partial charge in [0.25, 0.3) is 23.2 Å². The quantitative estimate of drug-likeness (QED) is 0.350. The minimum atomic E-state index is -0.537. The Morgan fingerprint density at radius 2 is 1.08 bits per heavy atom. The number of hydrogen-bond donors (Lipinski definition) is 2. The van der Waals surface area contributed by atoms with Gasteiger partial charge in [-0.05, 0) is 54.7 Å². The molecule has 0 heterocycles. The number of carbonyl (C=O) groups excluding carboxylic acids is 2. The average Bonchev–Trinajstić information content (AvgIpc) is 3.54. The molecule has 0 saturated heterocycles.